The number of aromatic nitrogens is 7. The van der Waals surface area contributed by atoms with Crippen molar-refractivity contribution in [3.05, 3.63) is 72.1 Å². The van der Waals surface area contributed by atoms with Crippen LogP contribution in [0.5, 0.6) is 0 Å². The number of para-hydroxylation sites is 1. The van der Waals surface area contributed by atoms with E-state index in [9.17, 15) is 0 Å². The van der Waals surface area contributed by atoms with Crippen LogP contribution in [-0.2, 0) is 6.54 Å². The summed E-state index contributed by atoms with van der Waals surface area (Å²) in [4.78, 5) is 18.1. The average Bonchev–Trinajstić information content (AvgIpc) is 3.15. The van der Waals surface area contributed by atoms with Crippen molar-refractivity contribution in [2.45, 2.75) is 20.4 Å². The van der Waals surface area contributed by atoms with Crippen molar-refractivity contribution in [2.75, 3.05) is 5.32 Å². The Balaban J connectivity index is 1.55. The van der Waals surface area contributed by atoms with Crippen LogP contribution in [0.1, 0.15) is 17.2 Å². The van der Waals surface area contributed by atoms with Crippen LogP contribution in [0.25, 0.3) is 28.1 Å². The molecule has 0 fully saturated rings. The first-order valence-electron chi connectivity index (χ1n) is 9.28. The number of rotatable bonds is 4. The minimum atomic E-state index is 0.459. The SMILES string of the molecule is Cc1cc(C)n2c(CNc3nc(-c4cccnc4)nc4ccccc34)nnc2n1. The second-order valence-corrected chi connectivity index (χ2v) is 6.80. The van der Waals surface area contributed by atoms with Gasteiger partial charge in [-0.15, -0.1) is 10.2 Å². The fourth-order valence-electron chi connectivity index (χ4n) is 3.41. The quantitative estimate of drug-likeness (QED) is 0.509. The van der Waals surface area contributed by atoms with E-state index in [0.29, 0.717) is 18.1 Å². The van der Waals surface area contributed by atoms with Crippen molar-refractivity contribution >= 4 is 22.5 Å². The summed E-state index contributed by atoms with van der Waals surface area (Å²) in [7, 11) is 0. The standard InChI is InChI=1S/C21H18N8/c1-13-10-14(2)29-18(27-28-21(29)24-13)12-23-20-16-7-3-4-8-17(16)25-19(26-20)15-6-5-9-22-11-15/h3-11H,12H2,1-2H3,(H,23,25,26). The molecule has 1 N–H and O–H groups in total. The Morgan fingerprint density at radius 2 is 1.86 bits per heavy atom. The van der Waals surface area contributed by atoms with Crippen LogP contribution in [0.2, 0.25) is 0 Å². The van der Waals surface area contributed by atoms with E-state index in [-0.39, 0.29) is 0 Å². The zero-order valence-electron chi connectivity index (χ0n) is 16.0. The van der Waals surface area contributed by atoms with E-state index < -0.39 is 0 Å². The Labute approximate surface area is 166 Å². The monoisotopic (exact) mass is 382 g/mol. The molecule has 0 aliphatic heterocycles. The Morgan fingerprint density at radius 1 is 0.966 bits per heavy atom. The van der Waals surface area contributed by atoms with Crippen molar-refractivity contribution in [3.8, 4) is 11.4 Å². The molecule has 0 spiro atoms. The predicted molar refractivity (Wildman–Crippen MR) is 110 cm³/mol. The van der Waals surface area contributed by atoms with Gasteiger partial charge < -0.3 is 5.32 Å². The van der Waals surface area contributed by atoms with Gasteiger partial charge in [0.2, 0.25) is 0 Å². The molecule has 4 aromatic heterocycles. The third-order valence-electron chi connectivity index (χ3n) is 4.70. The lowest BCUT2D eigenvalue weighted by Gasteiger charge is -2.11. The van der Waals surface area contributed by atoms with Crippen molar-refractivity contribution in [3.63, 3.8) is 0 Å². The van der Waals surface area contributed by atoms with Crippen molar-refractivity contribution in [1.82, 2.24) is 34.5 Å². The Hall–Kier alpha value is -3.94. The highest BCUT2D eigenvalue weighted by Gasteiger charge is 2.13. The van der Waals surface area contributed by atoms with E-state index >= 15 is 0 Å². The van der Waals surface area contributed by atoms with Crippen molar-refractivity contribution < 1.29 is 0 Å². The van der Waals surface area contributed by atoms with Crippen LogP contribution in [0.15, 0.2) is 54.9 Å². The van der Waals surface area contributed by atoms with Gasteiger partial charge >= 0.3 is 0 Å². The summed E-state index contributed by atoms with van der Waals surface area (Å²) in [5.41, 5.74) is 3.69. The van der Waals surface area contributed by atoms with Crippen molar-refractivity contribution in [1.29, 1.82) is 0 Å². The molecule has 4 heterocycles. The number of nitrogens with zero attached hydrogens (tertiary/aromatic N) is 7. The number of anilines is 1. The first-order chi connectivity index (χ1) is 14.2. The Morgan fingerprint density at radius 3 is 2.72 bits per heavy atom. The summed E-state index contributed by atoms with van der Waals surface area (Å²) in [6, 6.07) is 13.8. The topological polar surface area (TPSA) is 93.8 Å². The number of fused-ring (bicyclic) bond motifs is 2. The smallest absolute Gasteiger partial charge is 0.255 e. The molecule has 29 heavy (non-hydrogen) atoms. The maximum Gasteiger partial charge on any atom is 0.255 e. The first kappa shape index (κ1) is 17.2. The van der Waals surface area contributed by atoms with Gasteiger partial charge in [-0.05, 0) is 44.2 Å². The van der Waals surface area contributed by atoms with Gasteiger partial charge in [0.1, 0.15) is 5.82 Å². The number of hydrogen-bond donors (Lipinski definition) is 1. The van der Waals surface area contributed by atoms with Crippen LogP contribution in [0.4, 0.5) is 5.82 Å². The van der Waals surface area contributed by atoms with E-state index in [4.69, 9.17) is 9.97 Å². The summed E-state index contributed by atoms with van der Waals surface area (Å²) >= 11 is 0. The molecular formula is C21H18N8. The normalized spacial score (nSPS) is 11.2. The number of pyridine rings is 1. The van der Waals surface area contributed by atoms with Gasteiger partial charge in [0, 0.05) is 34.7 Å². The fourth-order valence-corrected chi connectivity index (χ4v) is 3.41. The van der Waals surface area contributed by atoms with Gasteiger partial charge in [-0.2, -0.15) is 0 Å². The maximum atomic E-state index is 4.75. The van der Waals surface area contributed by atoms with E-state index in [2.05, 4.69) is 25.5 Å². The van der Waals surface area contributed by atoms with Gasteiger partial charge in [0.25, 0.3) is 5.78 Å². The number of nitrogens with one attached hydrogen (secondary N) is 1. The molecule has 0 unspecified atom stereocenters. The number of benzene rings is 1. The van der Waals surface area contributed by atoms with Crippen molar-refractivity contribution in [2.24, 2.45) is 0 Å². The van der Waals surface area contributed by atoms with Gasteiger partial charge in [0.15, 0.2) is 11.6 Å². The second-order valence-electron chi connectivity index (χ2n) is 6.80. The lowest BCUT2D eigenvalue weighted by molar-refractivity contribution is 0.888. The first-order valence-corrected chi connectivity index (χ1v) is 9.28. The molecule has 1 aromatic carbocycles. The van der Waals surface area contributed by atoms with E-state index in [1.807, 2.05) is 60.7 Å². The molecule has 0 saturated heterocycles. The Bertz CT molecular complexity index is 1330. The van der Waals surface area contributed by atoms with Crippen LogP contribution < -0.4 is 5.32 Å². The highest BCUT2D eigenvalue weighted by atomic mass is 15.3. The molecule has 0 saturated carbocycles. The molecule has 142 valence electrons. The third-order valence-corrected chi connectivity index (χ3v) is 4.70. The fraction of sp³-hybridized carbons (Fsp3) is 0.143. The summed E-state index contributed by atoms with van der Waals surface area (Å²) in [6.07, 6.45) is 3.50. The summed E-state index contributed by atoms with van der Waals surface area (Å²) < 4.78 is 1.95. The van der Waals surface area contributed by atoms with Gasteiger partial charge in [-0.1, -0.05) is 12.1 Å². The molecule has 0 radical (unpaired) electrons. The molecule has 8 heteroatoms. The van der Waals surface area contributed by atoms with E-state index in [0.717, 1.165) is 39.5 Å². The molecule has 8 nitrogen and oxygen atoms in total. The molecular weight excluding hydrogens is 364 g/mol. The maximum absolute atomic E-state index is 4.75. The number of hydrogen-bond acceptors (Lipinski definition) is 7. The van der Waals surface area contributed by atoms with Gasteiger partial charge in [-0.3, -0.25) is 9.38 Å². The highest BCUT2D eigenvalue weighted by molar-refractivity contribution is 5.90. The molecule has 0 atom stereocenters. The van der Waals surface area contributed by atoms with E-state index in [1.54, 1.807) is 12.4 Å². The molecule has 5 rings (SSSR count). The van der Waals surface area contributed by atoms with Crippen LogP contribution >= 0.6 is 0 Å². The lowest BCUT2D eigenvalue weighted by atomic mass is 10.2. The summed E-state index contributed by atoms with van der Waals surface area (Å²) in [5, 5.41) is 12.9. The minimum Gasteiger partial charge on any atom is -0.362 e. The summed E-state index contributed by atoms with van der Waals surface area (Å²) in [5.74, 6) is 2.74. The molecule has 0 aliphatic carbocycles. The van der Waals surface area contributed by atoms with Crippen LogP contribution in [-0.4, -0.2) is 34.5 Å². The van der Waals surface area contributed by atoms with Gasteiger partial charge in [-0.25, -0.2) is 15.0 Å². The number of aryl methyl sites for hydroxylation is 2. The van der Waals surface area contributed by atoms with Gasteiger partial charge in [0.05, 0.1) is 12.1 Å². The van der Waals surface area contributed by atoms with Crippen LogP contribution in [0, 0.1) is 13.8 Å². The second kappa shape index (κ2) is 6.90. The summed E-state index contributed by atoms with van der Waals surface area (Å²) in [6.45, 7) is 4.43. The molecule has 0 aliphatic rings. The van der Waals surface area contributed by atoms with E-state index in [1.165, 1.54) is 0 Å². The van der Waals surface area contributed by atoms with Crippen LogP contribution in [0.3, 0.4) is 0 Å². The predicted octanol–water partition coefficient (Wildman–Crippen LogP) is 3.36. The highest BCUT2D eigenvalue weighted by Crippen LogP contribution is 2.25. The largest absolute Gasteiger partial charge is 0.362 e. The molecule has 0 amide bonds. The average molecular weight is 382 g/mol. The zero-order chi connectivity index (χ0) is 19.8. The minimum absolute atomic E-state index is 0.459. The molecule has 5 aromatic rings. The lowest BCUT2D eigenvalue weighted by Crippen LogP contribution is -2.09. The zero-order valence-corrected chi connectivity index (χ0v) is 16.0. The Kier molecular flexibility index (Phi) is 4.09. The molecule has 0 bridgehead atoms. The third kappa shape index (κ3) is 3.14.